The third-order valence-corrected chi connectivity index (χ3v) is 6.98. The minimum atomic E-state index is -0.647. The van der Waals surface area contributed by atoms with Crippen molar-refractivity contribution in [3.8, 4) is 5.75 Å². The van der Waals surface area contributed by atoms with Gasteiger partial charge < -0.3 is 14.5 Å². The minimum absolute atomic E-state index is 0.0189. The smallest absolute Gasteiger partial charge is 0.345 e. The van der Waals surface area contributed by atoms with Crippen molar-refractivity contribution in [2.24, 2.45) is 10.2 Å². The number of thiazole rings is 1. The van der Waals surface area contributed by atoms with Crippen molar-refractivity contribution in [3.05, 3.63) is 40.1 Å². The van der Waals surface area contributed by atoms with Crippen LogP contribution in [0.25, 0.3) is 5.57 Å². The number of carbonyl (C=O) groups excluding carboxylic acids is 3. The Balaban J connectivity index is 1.53. The zero-order chi connectivity index (χ0) is 27.6. The predicted molar refractivity (Wildman–Crippen MR) is 137 cm³/mol. The number of aromatic nitrogens is 1. The quantitative estimate of drug-likeness (QED) is 0.187. The highest BCUT2D eigenvalue weighted by Gasteiger charge is 2.34. The predicted octanol–water partition coefficient (Wildman–Crippen LogP) is 4.86. The van der Waals surface area contributed by atoms with E-state index in [0.29, 0.717) is 29.5 Å². The molecule has 1 fully saturated rings. The third-order valence-electron chi connectivity index (χ3n) is 6.14. The molecule has 0 radical (unpaired) electrons. The number of anilines is 1. The van der Waals surface area contributed by atoms with Gasteiger partial charge in [0.15, 0.2) is 0 Å². The van der Waals surface area contributed by atoms with Crippen LogP contribution in [-0.2, 0) is 19.2 Å². The molecule has 0 spiro atoms. The highest BCUT2D eigenvalue weighted by Crippen LogP contribution is 2.45. The second-order valence-corrected chi connectivity index (χ2v) is 10.2. The fourth-order valence-corrected chi connectivity index (χ4v) is 4.97. The second kappa shape index (κ2) is 10.7. The number of imide groups is 1. The first-order valence-corrected chi connectivity index (χ1v) is 12.6. The molecule has 1 aromatic heterocycles. The van der Waals surface area contributed by atoms with Gasteiger partial charge in [-0.3, -0.25) is 19.7 Å². The summed E-state index contributed by atoms with van der Waals surface area (Å²) in [5.41, 5.74) is 2.81. The van der Waals surface area contributed by atoms with E-state index < -0.39 is 28.2 Å². The number of amides is 2. The number of rotatable bonds is 9. The maximum Gasteiger partial charge on any atom is 0.345 e. The number of allylic oxidation sites excluding steroid dienone is 1. The average molecular weight is 543 g/mol. The molecule has 0 aliphatic carbocycles. The molecule has 0 N–H and O–H groups in total. The van der Waals surface area contributed by atoms with Crippen molar-refractivity contribution >= 4 is 56.2 Å². The van der Waals surface area contributed by atoms with E-state index in [1.165, 1.54) is 7.11 Å². The standard InChI is InChI=1S/C24H26N6O7S/c1-14-12-24(2,3)28(9-5-6-22(33)37-29-19(31)7-8-20(29)32)17-11-18(36-4)16(10-15(14)17)26-27-23-25-13-21(38-23)30(34)35/h10-13H,5-9H2,1-4H3. The summed E-state index contributed by atoms with van der Waals surface area (Å²) in [5, 5.41) is 19.7. The van der Waals surface area contributed by atoms with Crippen LogP contribution in [0.3, 0.4) is 0 Å². The van der Waals surface area contributed by atoms with Crippen molar-refractivity contribution < 1.29 is 28.9 Å². The molecule has 1 aromatic carbocycles. The molecule has 200 valence electrons. The molecule has 14 heteroatoms. The maximum absolute atomic E-state index is 12.3. The SMILES string of the molecule is COc1cc2c(cc1N=Nc1ncc([N+](=O)[O-])s1)C(C)=CC(C)(C)N2CCCC(=O)ON1C(=O)CCC1=O. The van der Waals surface area contributed by atoms with Gasteiger partial charge in [-0.05, 0) is 50.2 Å². The molecule has 2 aliphatic rings. The maximum atomic E-state index is 12.3. The summed E-state index contributed by atoms with van der Waals surface area (Å²) >= 11 is 0.815. The summed E-state index contributed by atoms with van der Waals surface area (Å²) in [7, 11) is 1.51. The van der Waals surface area contributed by atoms with Crippen LogP contribution >= 0.6 is 11.3 Å². The number of azo groups is 1. The summed E-state index contributed by atoms with van der Waals surface area (Å²) < 4.78 is 5.56. The van der Waals surface area contributed by atoms with Crippen LogP contribution in [-0.4, -0.2) is 51.9 Å². The van der Waals surface area contributed by atoms with Gasteiger partial charge in [0.25, 0.3) is 11.8 Å². The normalized spacial score (nSPS) is 16.6. The van der Waals surface area contributed by atoms with Crippen molar-refractivity contribution in [3.63, 3.8) is 0 Å². The fraction of sp³-hybridized carbons (Fsp3) is 0.417. The Kier molecular flexibility index (Phi) is 7.53. The van der Waals surface area contributed by atoms with Crippen molar-refractivity contribution in [1.82, 2.24) is 10.0 Å². The number of methoxy groups -OCH3 is 1. The van der Waals surface area contributed by atoms with E-state index in [0.717, 1.165) is 34.4 Å². The van der Waals surface area contributed by atoms with Gasteiger partial charge in [0, 0.05) is 43.1 Å². The first kappa shape index (κ1) is 26.9. The highest BCUT2D eigenvalue weighted by molar-refractivity contribution is 7.18. The third kappa shape index (κ3) is 5.54. The molecule has 0 bridgehead atoms. The Morgan fingerprint density at radius 3 is 2.58 bits per heavy atom. The van der Waals surface area contributed by atoms with Gasteiger partial charge >= 0.3 is 11.0 Å². The molecular weight excluding hydrogens is 516 g/mol. The van der Waals surface area contributed by atoms with E-state index in [-0.39, 0.29) is 29.4 Å². The number of carbonyl (C=O) groups is 3. The summed E-state index contributed by atoms with van der Waals surface area (Å²) in [5.74, 6) is -1.22. The summed E-state index contributed by atoms with van der Waals surface area (Å²) in [6.45, 7) is 6.56. The van der Waals surface area contributed by atoms with Crippen LogP contribution in [0.2, 0.25) is 0 Å². The lowest BCUT2D eigenvalue weighted by atomic mass is 9.88. The topological polar surface area (TPSA) is 157 Å². The van der Waals surface area contributed by atoms with E-state index in [2.05, 4.69) is 40.0 Å². The Hall–Kier alpha value is -4.20. The van der Waals surface area contributed by atoms with Gasteiger partial charge in [-0.15, -0.1) is 15.3 Å². The van der Waals surface area contributed by atoms with E-state index in [9.17, 15) is 24.5 Å². The lowest BCUT2D eigenvalue weighted by Crippen LogP contribution is -2.45. The zero-order valence-corrected chi connectivity index (χ0v) is 22.1. The monoisotopic (exact) mass is 542 g/mol. The van der Waals surface area contributed by atoms with E-state index in [4.69, 9.17) is 9.57 Å². The van der Waals surface area contributed by atoms with Gasteiger partial charge in [-0.25, -0.2) is 9.78 Å². The Morgan fingerprint density at radius 2 is 1.95 bits per heavy atom. The molecular formula is C24H26N6O7S. The molecule has 4 rings (SSSR count). The van der Waals surface area contributed by atoms with Crippen molar-refractivity contribution in [2.45, 2.75) is 52.0 Å². The number of hydrogen-bond donors (Lipinski definition) is 0. The zero-order valence-electron chi connectivity index (χ0n) is 21.3. The molecule has 38 heavy (non-hydrogen) atoms. The van der Waals surface area contributed by atoms with Crippen LogP contribution in [0, 0.1) is 10.1 Å². The number of fused-ring (bicyclic) bond motifs is 1. The minimum Gasteiger partial charge on any atom is -0.494 e. The van der Waals surface area contributed by atoms with Gasteiger partial charge in [0.2, 0.25) is 5.13 Å². The van der Waals surface area contributed by atoms with E-state index in [1.54, 1.807) is 0 Å². The Labute approximate surface area is 221 Å². The lowest BCUT2D eigenvalue weighted by molar-refractivity contribution is -0.380. The molecule has 0 unspecified atom stereocenters. The van der Waals surface area contributed by atoms with Gasteiger partial charge in [-0.1, -0.05) is 6.08 Å². The molecule has 0 atom stereocenters. The number of benzene rings is 1. The highest BCUT2D eigenvalue weighted by atomic mass is 32.1. The fourth-order valence-electron chi connectivity index (χ4n) is 4.41. The molecule has 0 saturated carbocycles. The molecule has 1 saturated heterocycles. The summed E-state index contributed by atoms with van der Waals surface area (Å²) in [6.07, 6.45) is 3.76. The van der Waals surface area contributed by atoms with Gasteiger partial charge in [0.05, 0.1) is 17.6 Å². The first-order valence-electron chi connectivity index (χ1n) is 11.8. The molecule has 2 aliphatic heterocycles. The Morgan fingerprint density at radius 1 is 1.24 bits per heavy atom. The number of nitrogens with zero attached hydrogens (tertiary/aromatic N) is 6. The van der Waals surface area contributed by atoms with Gasteiger partial charge in [-0.2, -0.15) is 0 Å². The van der Waals surface area contributed by atoms with Crippen LogP contribution in [0.15, 0.2) is 34.6 Å². The molecule has 3 heterocycles. The second-order valence-electron chi connectivity index (χ2n) is 9.26. The number of hydroxylamine groups is 2. The van der Waals surface area contributed by atoms with Crippen LogP contribution in [0.1, 0.15) is 52.0 Å². The lowest BCUT2D eigenvalue weighted by Gasteiger charge is -2.43. The van der Waals surface area contributed by atoms with E-state index >= 15 is 0 Å². The molecule has 2 aromatic rings. The molecule has 2 amide bonds. The number of hydrogen-bond acceptors (Lipinski definition) is 12. The van der Waals surface area contributed by atoms with Crippen LogP contribution in [0.4, 0.5) is 21.5 Å². The van der Waals surface area contributed by atoms with Crippen molar-refractivity contribution in [2.75, 3.05) is 18.6 Å². The summed E-state index contributed by atoms with van der Waals surface area (Å²) in [6, 6.07) is 3.67. The molecule has 13 nitrogen and oxygen atoms in total. The van der Waals surface area contributed by atoms with Gasteiger partial charge in [0.1, 0.15) is 17.6 Å². The number of nitro groups is 1. The van der Waals surface area contributed by atoms with E-state index in [1.807, 2.05) is 19.1 Å². The Bertz CT molecular complexity index is 1350. The average Bonchev–Trinajstić information content (AvgIpc) is 3.46. The first-order chi connectivity index (χ1) is 18.0. The van der Waals surface area contributed by atoms with Crippen molar-refractivity contribution in [1.29, 1.82) is 0 Å². The number of ether oxygens (including phenoxy) is 1. The van der Waals surface area contributed by atoms with Crippen LogP contribution in [0.5, 0.6) is 5.75 Å². The summed E-state index contributed by atoms with van der Waals surface area (Å²) in [4.78, 5) is 57.0. The largest absolute Gasteiger partial charge is 0.494 e. The van der Waals surface area contributed by atoms with Crippen LogP contribution < -0.4 is 9.64 Å².